The van der Waals surface area contributed by atoms with Crippen LogP contribution in [0, 0.1) is 0 Å². The fourth-order valence-electron chi connectivity index (χ4n) is 3.76. The van der Waals surface area contributed by atoms with Gasteiger partial charge in [0.2, 0.25) is 11.6 Å². The molecule has 3 aromatic rings. The Labute approximate surface area is 208 Å². The number of aliphatic hydroxyl groups excluding tert-OH is 1. The lowest BCUT2D eigenvalue weighted by atomic mass is 9.97. The highest BCUT2D eigenvalue weighted by atomic mass is 79.9. The summed E-state index contributed by atoms with van der Waals surface area (Å²) in [6, 6.07) is 7.05. The molecule has 2 aromatic carbocycles. The van der Waals surface area contributed by atoms with Gasteiger partial charge in [-0.15, -0.1) is 10.2 Å². The van der Waals surface area contributed by atoms with E-state index < -0.39 is 54.3 Å². The third-order valence-corrected chi connectivity index (χ3v) is 6.18. The molecular formula is C22H17BrF5N3O5. The normalized spacial score (nSPS) is 17.7. The molecule has 0 fully saturated rings. The van der Waals surface area contributed by atoms with E-state index >= 15 is 0 Å². The van der Waals surface area contributed by atoms with Crippen LogP contribution in [0.5, 0.6) is 5.75 Å². The van der Waals surface area contributed by atoms with Crippen molar-refractivity contribution in [2.24, 2.45) is 0 Å². The van der Waals surface area contributed by atoms with E-state index in [1.807, 2.05) is 0 Å². The molecule has 0 saturated carbocycles. The van der Waals surface area contributed by atoms with E-state index in [9.17, 15) is 31.9 Å². The number of fused-ring (bicyclic) bond motifs is 3. The number of alkyl halides is 5. The first-order chi connectivity index (χ1) is 16.9. The van der Waals surface area contributed by atoms with Crippen LogP contribution in [0.15, 0.2) is 40.9 Å². The van der Waals surface area contributed by atoms with Crippen LogP contribution in [0.25, 0.3) is 5.69 Å². The molecule has 0 saturated heterocycles. The Hall–Kier alpha value is -3.10. The second-order valence-electron chi connectivity index (χ2n) is 7.67. The molecule has 1 aliphatic heterocycles. The fourth-order valence-corrected chi connectivity index (χ4v) is 4.39. The number of hydrogen-bond donors (Lipinski definition) is 1. The van der Waals surface area contributed by atoms with Gasteiger partial charge in [-0.1, -0.05) is 12.1 Å². The van der Waals surface area contributed by atoms with Crippen molar-refractivity contribution in [1.82, 2.24) is 14.8 Å². The van der Waals surface area contributed by atoms with E-state index in [1.54, 1.807) is 12.1 Å². The number of aliphatic hydroxyl groups is 1. The Balaban J connectivity index is 2.07. The monoisotopic (exact) mass is 577 g/mol. The van der Waals surface area contributed by atoms with Crippen molar-refractivity contribution in [1.29, 1.82) is 0 Å². The minimum atomic E-state index is -4.78. The maximum atomic E-state index is 14.6. The Morgan fingerprint density at radius 1 is 1.17 bits per heavy atom. The van der Waals surface area contributed by atoms with E-state index in [-0.39, 0.29) is 16.8 Å². The van der Waals surface area contributed by atoms with Crippen molar-refractivity contribution in [3.8, 4) is 11.4 Å². The van der Waals surface area contributed by atoms with E-state index in [0.29, 0.717) is 16.3 Å². The van der Waals surface area contributed by atoms with Crippen LogP contribution < -0.4 is 4.74 Å². The van der Waals surface area contributed by atoms with Gasteiger partial charge >= 0.3 is 18.1 Å². The summed E-state index contributed by atoms with van der Waals surface area (Å²) in [5.74, 6) is -6.02. The number of esters is 1. The van der Waals surface area contributed by atoms with Crippen LogP contribution in [-0.4, -0.2) is 39.6 Å². The summed E-state index contributed by atoms with van der Waals surface area (Å²) in [7, 11) is 1.37. The van der Waals surface area contributed by atoms with E-state index in [4.69, 9.17) is 14.2 Å². The third-order valence-electron chi connectivity index (χ3n) is 5.33. The molecule has 192 valence electrons. The number of carbonyl (C=O) groups excluding carboxylic acids is 1. The number of ether oxygens (including phenoxy) is 3. The van der Waals surface area contributed by atoms with Crippen molar-refractivity contribution >= 4 is 21.9 Å². The first-order valence-electron chi connectivity index (χ1n) is 10.2. The van der Waals surface area contributed by atoms with Gasteiger partial charge in [-0.2, -0.15) is 22.0 Å². The highest BCUT2D eigenvalue weighted by molar-refractivity contribution is 9.10. The molecule has 1 aliphatic rings. The second kappa shape index (κ2) is 9.41. The Kier molecular flexibility index (Phi) is 6.79. The van der Waals surface area contributed by atoms with Gasteiger partial charge in [-0.05, 0) is 40.2 Å². The molecule has 0 radical (unpaired) electrons. The number of nitrogens with zero attached hydrogens (tertiary/aromatic N) is 3. The summed E-state index contributed by atoms with van der Waals surface area (Å²) >= 11 is 3.34. The van der Waals surface area contributed by atoms with Crippen molar-refractivity contribution in [2.75, 3.05) is 13.7 Å². The summed E-state index contributed by atoms with van der Waals surface area (Å²) in [6.07, 6.45) is -7.91. The van der Waals surface area contributed by atoms with Crippen molar-refractivity contribution in [3.05, 3.63) is 69.2 Å². The van der Waals surface area contributed by atoms with Gasteiger partial charge in [0.1, 0.15) is 18.5 Å². The Morgan fingerprint density at radius 2 is 1.89 bits per heavy atom. The van der Waals surface area contributed by atoms with E-state index in [0.717, 1.165) is 23.6 Å². The number of methoxy groups -OCH3 is 1. The van der Waals surface area contributed by atoms with Crippen LogP contribution in [0.2, 0.25) is 0 Å². The molecule has 4 rings (SSSR count). The summed E-state index contributed by atoms with van der Waals surface area (Å²) in [6.45, 7) is -0.630. The second-order valence-corrected chi connectivity index (χ2v) is 8.47. The molecule has 8 nitrogen and oxygen atoms in total. The minimum absolute atomic E-state index is 0.194. The smallest absolute Gasteiger partial charge is 0.416 e. The van der Waals surface area contributed by atoms with E-state index in [2.05, 4.69) is 26.1 Å². The zero-order valence-corrected chi connectivity index (χ0v) is 20.1. The lowest BCUT2D eigenvalue weighted by Gasteiger charge is -2.24. The van der Waals surface area contributed by atoms with Crippen LogP contribution in [-0.2, 0) is 26.4 Å². The summed E-state index contributed by atoms with van der Waals surface area (Å²) in [4.78, 5) is 11.8. The van der Waals surface area contributed by atoms with Gasteiger partial charge in [0, 0.05) is 18.1 Å². The van der Waals surface area contributed by atoms with Gasteiger partial charge in [0.05, 0.1) is 22.8 Å². The number of hydrogen-bond acceptors (Lipinski definition) is 7. The number of halogens is 6. The van der Waals surface area contributed by atoms with Gasteiger partial charge < -0.3 is 19.3 Å². The average molecular weight is 578 g/mol. The predicted molar refractivity (Wildman–Crippen MR) is 115 cm³/mol. The summed E-state index contributed by atoms with van der Waals surface area (Å²) < 4.78 is 87.7. The third kappa shape index (κ3) is 4.55. The molecule has 0 aliphatic carbocycles. The molecule has 2 atom stereocenters. The molecule has 0 bridgehead atoms. The number of carbonyl (C=O) groups is 1. The number of benzene rings is 2. The fraction of sp³-hybridized carbons (Fsp3) is 0.318. The zero-order chi connectivity index (χ0) is 26.4. The first-order valence-corrected chi connectivity index (χ1v) is 11.0. The van der Waals surface area contributed by atoms with Crippen molar-refractivity contribution in [3.63, 3.8) is 0 Å². The maximum Gasteiger partial charge on any atom is 0.416 e. The first kappa shape index (κ1) is 26.0. The molecule has 0 spiro atoms. The van der Waals surface area contributed by atoms with Gasteiger partial charge in [0.15, 0.2) is 0 Å². The molecule has 14 heteroatoms. The van der Waals surface area contributed by atoms with Gasteiger partial charge in [-0.25, -0.2) is 0 Å². The van der Waals surface area contributed by atoms with Crippen molar-refractivity contribution in [2.45, 2.75) is 31.4 Å². The number of rotatable bonds is 5. The van der Waals surface area contributed by atoms with Gasteiger partial charge in [0.25, 0.3) is 6.29 Å². The summed E-state index contributed by atoms with van der Waals surface area (Å²) in [5, 5.41) is 16.4. The van der Waals surface area contributed by atoms with Crippen LogP contribution in [0.3, 0.4) is 0 Å². The average Bonchev–Trinajstić information content (AvgIpc) is 3.22. The molecule has 2 heterocycles. The standard InChI is InChI=1S/C22H17BrF5N3O5/c1-10(33)35-19-18-29-30-20(21(24,25)9-32)31(18)14-7-6-11(22(26,27)28)8-13(14)17(36-19)12-4-3-5-15(34-2)16(12)23/h3-8,17,19,32H,9H2,1-2H3/t17-,19+/m1/s1. The SMILES string of the molecule is COc1cccc([C@H]2O[C@H](OC(C)=O)c3nnc(C(F)(F)CO)n3-c3ccc(C(F)(F)F)cc32)c1Br. The Bertz CT molecular complexity index is 1310. The van der Waals surface area contributed by atoms with E-state index in [1.165, 1.54) is 13.2 Å². The molecule has 0 amide bonds. The molecular weight excluding hydrogens is 561 g/mol. The Morgan fingerprint density at radius 3 is 2.50 bits per heavy atom. The lowest BCUT2D eigenvalue weighted by molar-refractivity contribution is -0.188. The van der Waals surface area contributed by atoms with Crippen LogP contribution >= 0.6 is 15.9 Å². The topological polar surface area (TPSA) is 95.7 Å². The summed E-state index contributed by atoms with van der Waals surface area (Å²) in [5.41, 5.74) is -1.23. The number of aromatic nitrogens is 3. The minimum Gasteiger partial charge on any atom is -0.496 e. The van der Waals surface area contributed by atoms with Crippen LogP contribution in [0.1, 0.15) is 47.7 Å². The molecule has 1 N–H and O–H groups in total. The maximum absolute atomic E-state index is 14.6. The highest BCUT2D eigenvalue weighted by Gasteiger charge is 2.44. The van der Waals surface area contributed by atoms with Crippen LogP contribution in [0.4, 0.5) is 22.0 Å². The lowest BCUT2D eigenvalue weighted by Crippen LogP contribution is -2.25. The zero-order valence-electron chi connectivity index (χ0n) is 18.5. The molecule has 36 heavy (non-hydrogen) atoms. The van der Waals surface area contributed by atoms with Crippen molar-refractivity contribution < 1.29 is 46.1 Å². The highest BCUT2D eigenvalue weighted by Crippen LogP contribution is 2.46. The molecule has 0 unspecified atom stereocenters. The predicted octanol–water partition coefficient (Wildman–Crippen LogP) is 4.82. The molecule has 1 aromatic heterocycles. The largest absolute Gasteiger partial charge is 0.496 e. The quantitative estimate of drug-likeness (QED) is 0.343. The van der Waals surface area contributed by atoms with Gasteiger partial charge in [-0.3, -0.25) is 9.36 Å².